The molecule has 0 aliphatic carbocycles. The third-order valence-electron chi connectivity index (χ3n) is 7.22. The minimum Gasteiger partial charge on any atom is -0.462 e. The molecule has 40 heavy (non-hydrogen) atoms. The Morgan fingerprint density at radius 3 is 1.43 bits per heavy atom. The monoisotopic (exact) mass is 564 g/mol. The summed E-state index contributed by atoms with van der Waals surface area (Å²) >= 11 is 0. The van der Waals surface area contributed by atoms with Gasteiger partial charge in [-0.1, -0.05) is 122 Å². The van der Waals surface area contributed by atoms with Crippen molar-refractivity contribution >= 4 is 11.9 Å². The fraction of sp³-hybridized carbons (Fsp3) is 0.829. The van der Waals surface area contributed by atoms with Crippen molar-refractivity contribution in [3.8, 4) is 0 Å². The van der Waals surface area contributed by atoms with Gasteiger partial charge in [0.1, 0.15) is 6.61 Å². The molecular formula is C35H64O5. The van der Waals surface area contributed by atoms with Crippen molar-refractivity contribution < 1.29 is 24.2 Å². The van der Waals surface area contributed by atoms with Crippen molar-refractivity contribution in [3.05, 3.63) is 24.3 Å². The average molecular weight is 565 g/mol. The molecule has 5 nitrogen and oxygen atoms in total. The van der Waals surface area contributed by atoms with Crippen molar-refractivity contribution in [1.29, 1.82) is 0 Å². The van der Waals surface area contributed by atoms with Gasteiger partial charge in [-0.3, -0.25) is 9.59 Å². The fourth-order valence-corrected chi connectivity index (χ4v) is 4.59. The van der Waals surface area contributed by atoms with Crippen molar-refractivity contribution in [3.63, 3.8) is 0 Å². The molecule has 0 bridgehead atoms. The standard InChI is InChI=1S/C35H64O5/c1-3-5-7-9-11-13-15-16-17-18-20-22-24-26-28-30-35(38)40-33(31-36)32-39-34(37)29-27-25-23-21-19-14-12-10-8-6-4-2/h10,12,16-17,33,36H,3-9,11,13-15,18-32H2,1-2H3/b12-10-,17-16-. The molecule has 1 atom stereocenters. The summed E-state index contributed by atoms with van der Waals surface area (Å²) in [6.45, 7) is 4.06. The normalized spacial score (nSPS) is 12.4. The van der Waals surface area contributed by atoms with Crippen LogP contribution in [0.3, 0.4) is 0 Å². The van der Waals surface area contributed by atoms with Gasteiger partial charge in [0, 0.05) is 12.8 Å². The van der Waals surface area contributed by atoms with E-state index in [9.17, 15) is 14.7 Å². The number of aliphatic hydroxyl groups excluding tert-OH is 1. The number of allylic oxidation sites excluding steroid dienone is 4. The van der Waals surface area contributed by atoms with E-state index in [0.29, 0.717) is 12.8 Å². The Bertz CT molecular complexity index is 613. The molecule has 0 saturated carbocycles. The number of ether oxygens (including phenoxy) is 2. The lowest BCUT2D eigenvalue weighted by Crippen LogP contribution is -2.28. The van der Waals surface area contributed by atoms with Gasteiger partial charge in [0.15, 0.2) is 6.10 Å². The summed E-state index contributed by atoms with van der Waals surface area (Å²) < 4.78 is 10.5. The lowest BCUT2D eigenvalue weighted by molar-refractivity contribution is -0.161. The average Bonchev–Trinajstić information content (AvgIpc) is 2.96. The SMILES string of the molecule is CCCC/C=C\CCCCCCCC(=O)OCC(CO)OC(=O)CCCCCCC/C=C\CCCCCCCC. The van der Waals surface area contributed by atoms with Gasteiger partial charge in [-0.15, -0.1) is 0 Å². The Hall–Kier alpha value is -1.62. The van der Waals surface area contributed by atoms with Crippen LogP contribution in [0.15, 0.2) is 24.3 Å². The van der Waals surface area contributed by atoms with Gasteiger partial charge in [0.25, 0.3) is 0 Å². The van der Waals surface area contributed by atoms with Crippen LogP contribution in [0.2, 0.25) is 0 Å². The molecular weight excluding hydrogens is 500 g/mol. The highest BCUT2D eigenvalue weighted by Crippen LogP contribution is 2.12. The predicted octanol–water partition coefficient (Wildman–Crippen LogP) is 9.95. The van der Waals surface area contributed by atoms with Crippen LogP contribution in [0.1, 0.15) is 168 Å². The number of aliphatic hydroxyl groups is 1. The Kier molecular flexibility index (Phi) is 30.6. The molecule has 1 N–H and O–H groups in total. The third kappa shape index (κ3) is 29.4. The molecule has 0 aromatic carbocycles. The van der Waals surface area contributed by atoms with E-state index in [0.717, 1.165) is 51.4 Å². The van der Waals surface area contributed by atoms with E-state index in [4.69, 9.17) is 9.47 Å². The second-order valence-corrected chi connectivity index (χ2v) is 11.2. The van der Waals surface area contributed by atoms with Crippen molar-refractivity contribution in [2.24, 2.45) is 0 Å². The summed E-state index contributed by atoms with van der Waals surface area (Å²) in [4.78, 5) is 24.1. The highest BCUT2D eigenvalue weighted by Gasteiger charge is 2.16. The Balaban J connectivity index is 3.60. The number of rotatable bonds is 30. The van der Waals surface area contributed by atoms with Gasteiger partial charge in [-0.05, 0) is 57.8 Å². The van der Waals surface area contributed by atoms with Gasteiger partial charge >= 0.3 is 11.9 Å². The highest BCUT2D eigenvalue weighted by atomic mass is 16.6. The maximum atomic E-state index is 12.1. The summed E-state index contributed by atoms with van der Waals surface area (Å²) in [5.41, 5.74) is 0. The molecule has 0 aliphatic rings. The highest BCUT2D eigenvalue weighted by molar-refractivity contribution is 5.70. The molecule has 0 fully saturated rings. The first-order chi connectivity index (χ1) is 19.6. The molecule has 0 aliphatic heterocycles. The van der Waals surface area contributed by atoms with Gasteiger partial charge < -0.3 is 14.6 Å². The molecule has 0 aromatic heterocycles. The number of esters is 2. The van der Waals surface area contributed by atoms with Gasteiger partial charge in [-0.25, -0.2) is 0 Å². The van der Waals surface area contributed by atoms with Crippen LogP contribution < -0.4 is 0 Å². The van der Waals surface area contributed by atoms with Crippen LogP contribution in [0.4, 0.5) is 0 Å². The van der Waals surface area contributed by atoms with Crippen LogP contribution in [0.25, 0.3) is 0 Å². The Labute approximate surface area is 247 Å². The third-order valence-corrected chi connectivity index (χ3v) is 7.22. The predicted molar refractivity (Wildman–Crippen MR) is 168 cm³/mol. The van der Waals surface area contributed by atoms with Crippen molar-refractivity contribution in [1.82, 2.24) is 0 Å². The summed E-state index contributed by atoms with van der Waals surface area (Å²) in [5, 5.41) is 9.49. The van der Waals surface area contributed by atoms with E-state index in [1.54, 1.807) is 0 Å². The second-order valence-electron chi connectivity index (χ2n) is 11.2. The topological polar surface area (TPSA) is 72.8 Å². The van der Waals surface area contributed by atoms with E-state index >= 15 is 0 Å². The van der Waals surface area contributed by atoms with Gasteiger partial charge in [-0.2, -0.15) is 0 Å². The molecule has 0 heterocycles. The molecule has 5 heteroatoms. The van der Waals surface area contributed by atoms with Gasteiger partial charge in [0.05, 0.1) is 6.61 Å². The van der Waals surface area contributed by atoms with Crippen LogP contribution in [-0.4, -0.2) is 36.4 Å². The maximum Gasteiger partial charge on any atom is 0.306 e. The zero-order valence-electron chi connectivity index (χ0n) is 26.4. The van der Waals surface area contributed by atoms with Crippen LogP contribution >= 0.6 is 0 Å². The summed E-state index contributed by atoms with van der Waals surface area (Å²) in [6.07, 6.45) is 35.1. The molecule has 0 rings (SSSR count). The molecule has 234 valence electrons. The first kappa shape index (κ1) is 38.4. The lowest BCUT2D eigenvalue weighted by atomic mass is 10.1. The Morgan fingerprint density at radius 2 is 0.950 bits per heavy atom. The van der Waals surface area contributed by atoms with Crippen LogP contribution in [-0.2, 0) is 19.1 Å². The number of hydrogen-bond acceptors (Lipinski definition) is 5. The number of hydrogen-bond donors (Lipinski definition) is 1. The summed E-state index contributed by atoms with van der Waals surface area (Å²) in [7, 11) is 0. The van der Waals surface area contributed by atoms with Gasteiger partial charge in [0.2, 0.25) is 0 Å². The first-order valence-electron chi connectivity index (χ1n) is 16.9. The minimum absolute atomic E-state index is 0.0716. The molecule has 1 unspecified atom stereocenters. The summed E-state index contributed by atoms with van der Waals surface area (Å²) in [6, 6.07) is 0. The molecule has 0 amide bonds. The summed E-state index contributed by atoms with van der Waals surface area (Å²) in [5.74, 6) is -0.612. The largest absolute Gasteiger partial charge is 0.462 e. The van der Waals surface area contributed by atoms with E-state index in [2.05, 4.69) is 38.2 Å². The fourth-order valence-electron chi connectivity index (χ4n) is 4.59. The smallest absolute Gasteiger partial charge is 0.306 e. The minimum atomic E-state index is -0.773. The number of carbonyl (C=O) groups is 2. The van der Waals surface area contributed by atoms with Crippen molar-refractivity contribution in [2.45, 2.75) is 174 Å². The van der Waals surface area contributed by atoms with Crippen LogP contribution in [0.5, 0.6) is 0 Å². The lowest BCUT2D eigenvalue weighted by Gasteiger charge is -2.15. The Morgan fingerprint density at radius 1 is 0.550 bits per heavy atom. The van der Waals surface area contributed by atoms with E-state index < -0.39 is 6.10 Å². The number of carbonyl (C=O) groups excluding carboxylic acids is 2. The quantitative estimate of drug-likeness (QED) is 0.0534. The van der Waals surface area contributed by atoms with Crippen molar-refractivity contribution in [2.75, 3.05) is 13.2 Å². The first-order valence-corrected chi connectivity index (χ1v) is 16.9. The molecule has 0 spiro atoms. The number of unbranched alkanes of at least 4 members (excludes halogenated alkanes) is 18. The second kappa shape index (κ2) is 31.9. The van der Waals surface area contributed by atoms with Crippen LogP contribution in [0, 0.1) is 0 Å². The maximum absolute atomic E-state index is 12.1. The zero-order chi connectivity index (χ0) is 29.4. The van der Waals surface area contributed by atoms with E-state index in [-0.39, 0.29) is 25.2 Å². The van der Waals surface area contributed by atoms with E-state index in [1.807, 2.05) is 0 Å². The molecule has 0 aromatic rings. The molecule has 0 radical (unpaired) electrons. The molecule has 0 saturated heterocycles. The van der Waals surface area contributed by atoms with E-state index in [1.165, 1.54) is 89.9 Å². The zero-order valence-corrected chi connectivity index (χ0v) is 26.4.